The highest BCUT2D eigenvalue weighted by Crippen LogP contribution is 2.13. The molecule has 0 rings (SSSR count). The van der Waals surface area contributed by atoms with E-state index in [4.69, 9.17) is 0 Å². The molecule has 1 nitrogen and oxygen atoms in total. The normalized spacial score (nSPS) is 16.0. The summed E-state index contributed by atoms with van der Waals surface area (Å²) in [4.78, 5) is 0. The van der Waals surface area contributed by atoms with Crippen LogP contribution in [-0.2, 0) is 0 Å². The van der Waals surface area contributed by atoms with E-state index in [1.165, 1.54) is 0 Å². The van der Waals surface area contributed by atoms with Crippen LogP contribution in [-0.4, -0.2) is 17.9 Å². The Morgan fingerprint density at radius 3 is 2.42 bits per heavy atom. The van der Waals surface area contributed by atoms with Crippen LogP contribution in [0.15, 0.2) is 0 Å². The predicted octanol–water partition coefficient (Wildman–Crippen LogP) is 2.92. The minimum atomic E-state index is -0.305. The van der Waals surface area contributed by atoms with Gasteiger partial charge in [-0.05, 0) is 31.6 Å². The highest BCUT2D eigenvalue weighted by atomic mass is 19.1. The lowest BCUT2D eigenvalue weighted by Crippen LogP contribution is -2.08. The first-order valence-corrected chi connectivity index (χ1v) is 4.94. The van der Waals surface area contributed by atoms with Crippen LogP contribution >= 0.6 is 0 Å². The molecule has 0 aromatic heterocycles. The maximum atomic E-state index is 11.7. The molecule has 0 saturated heterocycles. The molecule has 0 heterocycles. The van der Waals surface area contributed by atoms with Gasteiger partial charge in [-0.25, -0.2) is 0 Å². The smallest absolute Gasteiger partial charge is 0.0895 e. The van der Waals surface area contributed by atoms with Crippen molar-refractivity contribution in [2.75, 3.05) is 6.67 Å². The van der Waals surface area contributed by atoms with E-state index in [1.807, 2.05) is 0 Å². The summed E-state index contributed by atoms with van der Waals surface area (Å²) in [5.41, 5.74) is 0. The van der Waals surface area contributed by atoms with Crippen molar-refractivity contribution in [2.45, 2.75) is 52.1 Å². The molecule has 0 unspecified atom stereocenters. The molecule has 0 saturated carbocycles. The Bertz CT molecular complexity index is 95.8. The molecule has 0 fully saturated rings. The van der Waals surface area contributed by atoms with Crippen LogP contribution < -0.4 is 0 Å². The molecule has 0 amide bonds. The molecule has 1 N–H and O–H groups in total. The van der Waals surface area contributed by atoms with Crippen molar-refractivity contribution in [3.05, 3.63) is 0 Å². The number of aliphatic hydroxyl groups is 1. The highest BCUT2D eigenvalue weighted by molar-refractivity contribution is 4.58. The van der Waals surface area contributed by atoms with Crippen LogP contribution in [0, 0.1) is 5.92 Å². The number of hydrogen-bond acceptors (Lipinski definition) is 1. The van der Waals surface area contributed by atoms with Crippen LogP contribution in [0.4, 0.5) is 4.39 Å². The molecule has 0 aromatic rings. The molecular formula is C10H21FO. The lowest BCUT2D eigenvalue weighted by molar-refractivity contribution is 0.140. The standard InChI is InChI=1S/C10H21FO/c1-3-9(2)6-7-10(12)5-4-8-11/h9-10,12H,3-8H2,1-2H3/t9-,10-/m1/s1. The second-order valence-corrected chi connectivity index (χ2v) is 3.58. The molecule has 0 aliphatic heterocycles. The van der Waals surface area contributed by atoms with Gasteiger partial charge in [-0.1, -0.05) is 20.3 Å². The Morgan fingerprint density at radius 1 is 1.25 bits per heavy atom. The van der Waals surface area contributed by atoms with E-state index in [0.29, 0.717) is 18.8 Å². The third kappa shape index (κ3) is 6.59. The van der Waals surface area contributed by atoms with Crippen molar-refractivity contribution in [3.8, 4) is 0 Å². The van der Waals surface area contributed by atoms with E-state index >= 15 is 0 Å². The minimum absolute atomic E-state index is 0.283. The molecule has 2 heteroatoms. The first-order valence-electron chi connectivity index (χ1n) is 4.94. The zero-order chi connectivity index (χ0) is 9.40. The SMILES string of the molecule is CC[C@@H](C)CC[C@H](O)CCCF. The molecular weight excluding hydrogens is 155 g/mol. The van der Waals surface area contributed by atoms with Crippen molar-refractivity contribution in [3.63, 3.8) is 0 Å². The summed E-state index contributed by atoms with van der Waals surface area (Å²) in [5, 5.41) is 9.36. The number of alkyl halides is 1. The van der Waals surface area contributed by atoms with E-state index in [1.54, 1.807) is 0 Å². The second-order valence-electron chi connectivity index (χ2n) is 3.58. The number of rotatable bonds is 7. The number of hydrogen-bond donors (Lipinski definition) is 1. The summed E-state index contributed by atoms with van der Waals surface area (Å²) < 4.78 is 11.7. The third-order valence-corrected chi connectivity index (χ3v) is 2.36. The minimum Gasteiger partial charge on any atom is -0.393 e. The van der Waals surface area contributed by atoms with E-state index in [9.17, 15) is 9.50 Å². The van der Waals surface area contributed by atoms with Crippen LogP contribution in [0.1, 0.15) is 46.0 Å². The zero-order valence-corrected chi connectivity index (χ0v) is 8.22. The van der Waals surface area contributed by atoms with Gasteiger partial charge in [0, 0.05) is 0 Å². The molecule has 12 heavy (non-hydrogen) atoms. The van der Waals surface area contributed by atoms with Gasteiger partial charge < -0.3 is 5.11 Å². The first-order chi connectivity index (χ1) is 5.70. The quantitative estimate of drug-likeness (QED) is 0.632. The fourth-order valence-electron chi connectivity index (χ4n) is 1.14. The number of aliphatic hydroxyl groups excluding tert-OH is 1. The van der Waals surface area contributed by atoms with Gasteiger partial charge in [0.25, 0.3) is 0 Å². The van der Waals surface area contributed by atoms with Gasteiger partial charge in [0.15, 0.2) is 0 Å². The van der Waals surface area contributed by atoms with E-state index in [0.717, 1.165) is 19.3 Å². The van der Waals surface area contributed by atoms with Gasteiger partial charge in [0.2, 0.25) is 0 Å². The Hall–Kier alpha value is -0.110. The highest BCUT2D eigenvalue weighted by Gasteiger charge is 2.06. The van der Waals surface area contributed by atoms with Crippen LogP contribution in [0.25, 0.3) is 0 Å². The van der Waals surface area contributed by atoms with Crippen molar-refractivity contribution in [1.82, 2.24) is 0 Å². The zero-order valence-electron chi connectivity index (χ0n) is 8.22. The van der Waals surface area contributed by atoms with Crippen LogP contribution in [0.5, 0.6) is 0 Å². The summed E-state index contributed by atoms with van der Waals surface area (Å²) in [6, 6.07) is 0. The van der Waals surface area contributed by atoms with Gasteiger partial charge >= 0.3 is 0 Å². The van der Waals surface area contributed by atoms with E-state index < -0.39 is 0 Å². The lowest BCUT2D eigenvalue weighted by Gasteiger charge is -2.12. The molecule has 0 aliphatic carbocycles. The maximum Gasteiger partial charge on any atom is 0.0895 e. The molecule has 0 aromatic carbocycles. The molecule has 2 atom stereocenters. The largest absolute Gasteiger partial charge is 0.393 e. The fourth-order valence-corrected chi connectivity index (χ4v) is 1.14. The average molecular weight is 176 g/mol. The average Bonchev–Trinajstić information content (AvgIpc) is 2.10. The topological polar surface area (TPSA) is 20.2 Å². The molecule has 0 aliphatic rings. The Morgan fingerprint density at radius 2 is 1.92 bits per heavy atom. The Kier molecular flexibility index (Phi) is 7.47. The summed E-state index contributed by atoms with van der Waals surface area (Å²) >= 11 is 0. The summed E-state index contributed by atoms with van der Waals surface area (Å²) in [5.74, 6) is 0.685. The molecule has 0 radical (unpaired) electrons. The van der Waals surface area contributed by atoms with E-state index in [2.05, 4.69) is 13.8 Å². The lowest BCUT2D eigenvalue weighted by atomic mass is 9.99. The van der Waals surface area contributed by atoms with Gasteiger partial charge in [-0.3, -0.25) is 4.39 Å². The summed E-state index contributed by atoms with van der Waals surface area (Å²) in [6.07, 6.45) is 3.89. The maximum absolute atomic E-state index is 11.7. The van der Waals surface area contributed by atoms with Crippen molar-refractivity contribution >= 4 is 0 Å². The number of halogens is 1. The second kappa shape index (κ2) is 7.53. The monoisotopic (exact) mass is 176 g/mol. The van der Waals surface area contributed by atoms with Gasteiger partial charge in [0.05, 0.1) is 12.8 Å². The molecule has 74 valence electrons. The Balaban J connectivity index is 3.24. The van der Waals surface area contributed by atoms with Crippen molar-refractivity contribution < 1.29 is 9.50 Å². The van der Waals surface area contributed by atoms with Gasteiger partial charge in [-0.15, -0.1) is 0 Å². The fraction of sp³-hybridized carbons (Fsp3) is 1.00. The van der Waals surface area contributed by atoms with E-state index in [-0.39, 0.29) is 12.8 Å². The predicted molar refractivity (Wildman–Crippen MR) is 49.9 cm³/mol. The molecule has 0 spiro atoms. The van der Waals surface area contributed by atoms with Crippen LogP contribution in [0.2, 0.25) is 0 Å². The van der Waals surface area contributed by atoms with Crippen molar-refractivity contribution in [1.29, 1.82) is 0 Å². The van der Waals surface area contributed by atoms with Crippen LogP contribution in [0.3, 0.4) is 0 Å². The summed E-state index contributed by atoms with van der Waals surface area (Å²) in [6.45, 7) is 4.03. The summed E-state index contributed by atoms with van der Waals surface area (Å²) in [7, 11) is 0. The Labute approximate surface area is 75.0 Å². The molecule has 0 bridgehead atoms. The van der Waals surface area contributed by atoms with Gasteiger partial charge in [-0.2, -0.15) is 0 Å². The third-order valence-electron chi connectivity index (χ3n) is 2.36. The van der Waals surface area contributed by atoms with Gasteiger partial charge in [0.1, 0.15) is 0 Å². The first kappa shape index (κ1) is 11.9. The van der Waals surface area contributed by atoms with Crippen molar-refractivity contribution in [2.24, 2.45) is 5.92 Å².